The largest absolute Gasteiger partial charge is 0.333 e. The summed E-state index contributed by atoms with van der Waals surface area (Å²) in [4.78, 5) is 48.8. The Hall–Kier alpha value is -2.77. The van der Waals surface area contributed by atoms with Gasteiger partial charge in [-0.2, -0.15) is 0 Å². The lowest BCUT2D eigenvalue weighted by atomic mass is 10.1. The zero-order valence-electron chi connectivity index (χ0n) is 14.4. The molecule has 1 aromatic carbocycles. The molecule has 1 heterocycles. The summed E-state index contributed by atoms with van der Waals surface area (Å²) in [5, 5.41) is 0. The maximum absolute atomic E-state index is 12.8. The van der Waals surface area contributed by atoms with Crippen molar-refractivity contribution in [1.29, 1.82) is 0 Å². The topological polar surface area (TPSA) is 95.6 Å². The van der Waals surface area contributed by atoms with Gasteiger partial charge in [0.2, 0.25) is 11.8 Å². The first-order valence-electron chi connectivity index (χ1n) is 8.60. The predicted octanol–water partition coefficient (Wildman–Crippen LogP) is 1.34. The summed E-state index contributed by atoms with van der Waals surface area (Å²) in [5.41, 5.74) is 4.80. The molecule has 0 radical (unpaired) electrons. The molecule has 1 aromatic rings. The average Bonchev–Trinajstić information content (AvgIpc) is 2.83. The molecule has 0 atom stereocenters. The smallest absolute Gasteiger partial charge is 0.257 e. The van der Waals surface area contributed by atoms with Crippen LogP contribution < -0.4 is 10.9 Å². The van der Waals surface area contributed by atoms with Crippen LogP contribution in [0.2, 0.25) is 0 Å². The maximum Gasteiger partial charge on any atom is 0.257 e. The molecule has 2 N–H and O–H groups in total. The van der Waals surface area contributed by atoms with E-state index in [2.05, 4.69) is 10.9 Å². The van der Waals surface area contributed by atoms with E-state index in [-0.39, 0.29) is 31.1 Å². The molecule has 2 rings (SSSR count). The standard InChI is InChI=1S/C18H22FN3O4/c19-14-7-5-13(6-8-14)15(23)9-10-16(24)20-21-17(25)12-22-11-3-1-2-4-18(22)26/h5-8H,1-4,9-12H2,(H,20,24)(H,21,25). The van der Waals surface area contributed by atoms with E-state index in [0.29, 0.717) is 18.5 Å². The summed E-state index contributed by atoms with van der Waals surface area (Å²) in [7, 11) is 0. The Morgan fingerprint density at radius 3 is 2.38 bits per heavy atom. The number of nitrogens with zero attached hydrogens (tertiary/aromatic N) is 1. The van der Waals surface area contributed by atoms with E-state index in [0.717, 1.165) is 19.3 Å². The first-order valence-corrected chi connectivity index (χ1v) is 8.60. The van der Waals surface area contributed by atoms with Gasteiger partial charge in [-0.15, -0.1) is 0 Å². The number of Topliss-reactive ketones (excluding diaryl/α,β-unsaturated/α-hetero) is 1. The number of hydrogen-bond acceptors (Lipinski definition) is 4. The first kappa shape index (κ1) is 19.6. The highest BCUT2D eigenvalue weighted by Crippen LogP contribution is 2.10. The highest BCUT2D eigenvalue weighted by Gasteiger charge is 2.19. The first-order chi connectivity index (χ1) is 12.5. The van der Waals surface area contributed by atoms with Crippen molar-refractivity contribution in [2.45, 2.75) is 38.5 Å². The van der Waals surface area contributed by atoms with Crippen LogP contribution in [0.5, 0.6) is 0 Å². The van der Waals surface area contributed by atoms with Gasteiger partial charge < -0.3 is 4.90 Å². The molecule has 140 valence electrons. The fraction of sp³-hybridized carbons (Fsp3) is 0.444. The van der Waals surface area contributed by atoms with Crippen molar-refractivity contribution in [3.8, 4) is 0 Å². The third-order valence-corrected chi connectivity index (χ3v) is 4.09. The van der Waals surface area contributed by atoms with E-state index in [1.807, 2.05) is 0 Å². The fourth-order valence-electron chi connectivity index (χ4n) is 2.63. The molecular formula is C18H22FN3O4. The van der Waals surface area contributed by atoms with E-state index in [9.17, 15) is 23.6 Å². The summed E-state index contributed by atoms with van der Waals surface area (Å²) in [6.07, 6.45) is 2.91. The summed E-state index contributed by atoms with van der Waals surface area (Å²) >= 11 is 0. The Bertz CT molecular complexity index is 676. The van der Waals surface area contributed by atoms with Crippen molar-refractivity contribution in [2.75, 3.05) is 13.1 Å². The lowest BCUT2D eigenvalue weighted by Gasteiger charge is -2.19. The molecule has 26 heavy (non-hydrogen) atoms. The van der Waals surface area contributed by atoms with E-state index < -0.39 is 17.6 Å². The van der Waals surface area contributed by atoms with Crippen LogP contribution in [0.3, 0.4) is 0 Å². The van der Waals surface area contributed by atoms with E-state index in [1.165, 1.54) is 29.2 Å². The minimum Gasteiger partial charge on any atom is -0.333 e. The minimum absolute atomic E-state index is 0.0576. The second-order valence-electron chi connectivity index (χ2n) is 6.15. The Morgan fingerprint density at radius 1 is 0.962 bits per heavy atom. The van der Waals surface area contributed by atoms with Gasteiger partial charge in [0, 0.05) is 31.4 Å². The number of ketones is 1. The van der Waals surface area contributed by atoms with Crippen molar-refractivity contribution >= 4 is 23.5 Å². The van der Waals surface area contributed by atoms with E-state index >= 15 is 0 Å². The van der Waals surface area contributed by atoms with Crippen molar-refractivity contribution in [1.82, 2.24) is 15.8 Å². The van der Waals surface area contributed by atoms with Gasteiger partial charge in [0.25, 0.3) is 5.91 Å². The molecule has 0 aromatic heterocycles. The third-order valence-electron chi connectivity index (χ3n) is 4.09. The van der Waals surface area contributed by atoms with Crippen molar-refractivity contribution in [2.24, 2.45) is 0 Å². The molecule has 0 unspecified atom stereocenters. The number of halogens is 1. The molecule has 7 nitrogen and oxygen atoms in total. The van der Waals surface area contributed by atoms with Crippen LogP contribution in [0, 0.1) is 5.82 Å². The molecule has 1 aliphatic heterocycles. The van der Waals surface area contributed by atoms with Crippen molar-refractivity contribution in [3.63, 3.8) is 0 Å². The zero-order valence-corrected chi connectivity index (χ0v) is 14.4. The maximum atomic E-state index is 12.8. The minimum atomic E-state index is -0.518. The lowest BCUT2D eigenvalue weighted by molar-refractivity contribution is -0.136. The number of hydrazine groups is 1. The van der Waals surface area contributed by atoms with Gasteiger partial charge in [-0.1, -0.05) is 6.42 Å². The molecule has 0 bridgehead atoms. The Kier molecular flexibility index (Phi) is 7.25. The highest BCUT2D eigenvalue weighted by molar-refractivity contribution is 5.98. The highest BCUT2D eigenvalue weighted by atomic mass is 19.1. The van der Waals surface area contributed by atoms with E-state index in [1.54, 1.807) is 0 Å². The average molecular weight is 363 g/mol. The monoisotopic (exact) mass is 363 g/mol. The van der Waals surface area contributed by atoms with Crippen LogP contribution in [0.4, 0.5) is 4.39 Å². The molecule has 0 spiro atoms. The number of rotatable bonds is 6. The van der Waals surface area contributed by atoms with Gasteiger partial charge >= 0.3 is 0 Å². The van der Waals surface area contributed by atoms with Crippen LogP contribution in [0.1, 0.15) is 48.9 Å². The number of amides is 3. The molecule has 0 aliphatic carbocycles. The normalized spacial score (nSPS) is 14.5. The van der Waals surface area contributed by atoms with Gasteiger partial charge in [-0.05, 0) is 37.1 Å². The lowest BCUT2D eigenvalue weighted by Crippen LogP contribution is -2.47. The summed E-state index contributed by atoms with van der Waals surface area (Å²) in [5.74, 6) is -1.80. The molecule has 3 amide bonds. The Morgan fingerprint density at radius 2 is 1.65 bits per heavy atom. The molecular weight excluding hydrogens is 341 g/mol. The van der Waals surface area contributed by atoms with Crippen LogP contribution in [-0.4, -0.2) is 41.5 Å². The summed E-state index contributed by atoms with van der Waals surface area (Å²) in [6, 6.07) is 5.07. The SMILES string of the molecule is O=C(CCC(=O)c1ccc(F)cc1)NNC(=O)CN1CCCCCC1=O. The van der Waals surface area contributed by atoms with Gasteiger partial charge in [0.05, 0.1) is 0 Å². The van der Waals surface area contributed by atoms with Gasteiger partial charge in [0.1, 0.15) is 12.4 Å². The van der Waals surface area contributed by atoms with Gasteiger partial charge in [-0.3, -0.25) is 30.0 Å². The quantitative estimate of drug-likeness (QED) is 0.589. The molecule has 8 heteroatoms. The van der Waals surface area contributed by atoms with Crippen molar-refractivity contribution < 1.29 is 23.6 Å². The Labute approximate surface area is 150 Å². The molecule has 1 fully saturated rings. The number of carbonyl (C=O) groups is 4. The molecule has 1 aliphatic rings. The summed E-state index contributed by atoms with van der Waals surface area (Å²) in [6.45, 7) is 0.431. The number of hydrogen-bond donors (Lipinski definition) is 2. The summed E-state index contributed by atoms with van der Waals surface area (Å²) < 4.78 is 12.8. The second kappa shape index (κ2) is 9.65. The predicted molar refractivity (Wildman–Crippen MR) is 91.3 cm³/mol. The van der Waals surface area contributed by atoms with Gasteiger partial charge in [0.15, 0.2) is 5.78 Å². The zero-order chi connectivity index (χ0) is 18.9. The van der Waals surface area contributed by atoms with E-state index in [4.69, 9.17) is 0 Å². The molecule has 0 saturated carbocycles. The van der Waals surface area contributed by atoms with Crippen molar-refractivity contribution in [3.05, 3.63) is 35.6 Å². The van der Waals surface area contributed by atoms with Crippen LogP contribution >= 0.6 is 0 Å². The van der Waals surface area contributed by atoms with Crippen LogP contribution in [0.25, 0.3) is 0 Å². The van der Waals surface area contributed by atoms with Crippen LogP contribution in [-0.2, 0) is 14.4 Å². The fourth-order valence-corrected chi connectivity index (χ4v) is 2.63. The Balaban J connectivity index is 1.69. The number of carbonyl (C=O) groups excluding carboxylic acids is 4. The number of benzene rings is 1. The molecule has 1 saturated heterocycles. The number of nitrogens with one attached hydrogen (secondary N) is 2. The number of likely N-dealkylation sites (tertiary alicyclic amines) is 1. The van der Waals surface area contributed by atoms with Crippen LogP contribution in [0.15, 0.2) is 24.3 Å². The third kappa shape index (κ3) is 6.27. The van der Waals surface area contributed by atoms with Gasteiger partial charge in [-0.25, -0.2) is 4.39 Å². The second-order valence-corrected chi connectivity index (χ2v) is 6.15.